The molecule has 0 aliphatic carbocycles. The highest BCUT2D eigenvalue weighted by Crippen LogP contribution is 2.35. The monoisotopic (exact) mass is 304 g/mol. The molecule has 1 aliphatic rings. The van der Waals surface area contributed by atoms with Crippen molar-refractivity contribution in [2.45, 2.75) is 25.4 Å². The fourth-order valence-corrected chi connectivity index (χ4v) is 2.48. The second-order valence-electron chi connectivity index (χ2n) is 4.21. The summed E-state index contributed by atoms with van der Waals surface area (Å²) in [6, 6.07) is 0. The Morgan fingerprint density at radius 2 is 2.12 bits per heavy atom. The Labute approximate surface area is 102 Å². The fraction of sp³-hybridized carbons (Fsp3) is 1.00. The van der Waals surface area contributed by atoms with Gasteiger partial charge in [0.2, 0.25) is 0 Å². The number of hydrogen-bond acceptors (Lipinski definition) is 2. The van der Waals surface area contributed by atoms with Gasteiger partial charge in [0.05, 0.1) is 6.61 Å². The van der Waals surface area contributed by atoms with Crippen LogP contribution in [-0.4, -0.2) is 37.9 Å². The lowest BCUT2D eigenvalue weighted by Gasteiger charge is -2.24. The zero-order valence-electron chi connectivity index (χ0n) is 8.99. The first-order valence-electron chi connectivity index (χ1n) is 5.26. The van der Waals surface area contributed by atoms with Crippen LogP contribution >= 0.6 is 15.9 Å². The van der Waals surface area contributed by atoms with Gasteiger partial charge < -0.3 is 9.47 Å². The molecule has 0 bridgehead atoms. The summed E-state index contributed by atoms with van der Waals surface area (Å²) >= 11 is 3.43. The van der Waals surface area contributed by atoms with E-state index in [0.29, 0.717) is 13.0 Å². The van der Waals surface area contributed by atoms with Crippen LogP contribution in [0.5, 0.6) is 0 Å². The van der Waals surface area contributed by atoms with Gasteiger partial charge in [-0.1, -0.05) is 15.9 Å². The van der Waals surface area contributed by atoms with Crippen molar-refractivity contribution in [3.63, 3.8) is 0 Å². The summed E-state index contributed by atoms with van der Waals surface area (Å²) in [5.41, 5.74) is 0.0988. The van der Waals surface area contributed by atoms with Gasteiger partial charge in [-0.05, 0) is 19.3 Å². The minimum absolute atomic E-state index is 0.0988. The van der Waals surface area contributed by atoms with Gasteiger partial charge in [0, 0.05) is 24.0 Å². The molecule has 2 nitrogen and oxygen atoms in total. The Morgan fingerprint density at radius 1 is 1.38 bits per heavy atom. The standard InChI is InChI=1S/C10H16BrF3O2/c11-6-9(3-5-16-7-9)2-1-4-15-8-10(12,13)14/h1-8H2. The molecule has 1 saturated heterocycles. The molecule has 16 heavy (non-hydrogen) atoms. The Kier molecular flexibility index (Phi) is 5.53. The fourth-order valence-electron chi connectivity index (χ4n) is 1.76. The summed E-state index contributed by atoms with van der Waals surface area (Å²) in [5.74, 6) is 0. The molecular formula is C10H16BrF3O2. The van der Waals surface area contributed by atoms with Gasteiger partial charge in [-0.3, -0.25) is 0 Å². The predicted molar refractivity (Wildman–Crippen MR) is 57.8 cm³/mol. The molecule has 0 aromatic carbocycles. The molecular weight excluding hydrogens is 289 g/mol. The molecule has 1 atom stereocenters. The minimum Gasteiger partial charge on any atom is -0.381 e. The molecule has 0 spiro atoms. The van der Waals surface area contributed by atoms with E-state index >= 15 is 0 Å². The average Bonchev–Trinajstić information content (AvgIpc) is 2.65. The van der Waals surface area contributed by atoms with Crippen LogP contribution in [0.4, 0.5) is 13.2 Å². The highest BCUT2D eigenvalue weighted by molar-refractivity contribution is 9.09. The SMILES string of the molecule is FC(F)(F)COCCCC1(CBr)CCOC1. The van der Waals surface area contributed by atoms with E-state index in [1.54, 1.807) is 0 Å². The summed E-state index contributed by atoms with van der Waals surface area (Å²) in [5, 5.41) is 0.833. The summed E-state index contributed by atoms with van der Waals surface area (Å²) in [4.78, 5) is 0. The minimum atomic E-state index is -4.22. The molecule has 1 aliphatic heterocycles. The Balaban J connectivity index is 2.10. The van der Waals surface area contributed by atoms with Crippen molar-refractivity contribution in [2.24, 2.45) is 5.41 Å². The van der Waals surface area contributed by atoms with E-state index in [1.807, 2.05) is 0 Å². The van der Waals surface area contributed by atoms with Crippen LogP contribution in [0.3, 0.4) is 0 Å². The van der Waals surface area contributed by atoms with Crippen molar-refractivity contribution in [1.29, 1.82) is 0 Å². The number of ether oxygens (including phenoxy) is 2. The lowest BCUT2D eigenvalue weighted by atomic mass is 9.85. The van der Waals surface area contributed by atoms with Crippen LogP contribution in [0.1, 0.15) is 19.3 Å². The second kappa shape index (κ2) is 6.21. The second-order valence-corrected chi connectivity index (χ2v) is 4.77. The number of rotatable bonds is 6. The van der Waals surface area contributed by atoms with E-state index in [1.165, 1.54) is 0 Å². The van der Waals surface area contributed by atoms with Crippen LogP contribution < -0.4 is 0 Å². The van der Waals surface area contributed by atoms with E-state index in [0.717, 1.165) is 24.8 Å². The smallest absolute Gasteiger partial charge is 0.381 e. The van der Waals surface area contributed by atoms with Crippen LogP contribution in [0.25, 0.3) is 0 Å². The maximum atomic E-state index is 11.8. The molecule has 1 heterocycles. The first-order chi connectivity index (χ1) is 7.47. The Bertz CT molecular complexity index is 203. The number of halogens is 4. The summed E-state index contributed by atoms with van der Waals surface area (Å²) in [6.45, 7) is 0.450. The molecule has 0 saturated carbocycles. The number of hydrogen-bond donors (Lipinski definition) is 0. The van der Waals surface area contributed by atoms with Gasteiger partial charge in [-0.2, -0.15) is 13.2 Å². The van der Waals surface area contributed by atoms with Gasteiger partial charge in [0.15, 0.2) is 0 Å². The first-order valence-corrected chi connectivity index (χ1v) is 6.38. The quantitative estimate of drug-likeness (QED) is 0.554. The van der Waals surface area contributed by atoms with Gasteiger partial charge in [-0.15, -0.1) is 0 Å². The largest absolute Gasteiger partial charge is 0.411 e. The van der Waals surface area contributed by atoms with Crippen LogP contribution in [0, 0.1) is 5.41 Å². The summed E-state index contributed by atoms with van der Waals surface area (Å²) in [6.07, 6.45) is -1.76. The molecule has 0 aromatic rings. The van der Waals surface area contributed by atoms with Crippen LogP contribution in [0.2, 0.25) is 0 Å². The molecule has 1 rings (SSSR count). The van der Waals surface area contributed by atoms with Gasteiger partial charge in [-0.25, -0.2) is 0 Å². The van der Waals surface area contributed by atoms with Crippen LogP contribution in [0.15, 0.2) is 0 Å². The molecule has 6 heteroatoms. The van der Waals surface area contributed by atoms with Crippen molar-refractivity contribution in [2.75, 3.05) is 31.8 Å². The first kappa shape index (κ1) is 14.3. The molecule has 0 amide bonds. The molecule has 0 radical (unpaired) electrons. The van der Waals surface area contributed by atoms with E-state index in [2.05, 4.69) is 20.7 Å². The van der Waals surface area contributed by atoms with E-state index in [-0.39, 0.29) is 12.0 Å². The van der Waals surface area contributed by atoms with Crippen LogP contribution in [-0.2, 0) is 9.47 Å². The van der Waals surface area contributed by atoms with Crippen molar-refractivity contribution >= 4 is 15.9 Å². The highest BCUT2D eigenvalue weighted by atomic mass is 79.9. The predicted octanol–water partition coefficient (Wildman–Crippen LogP) is 3.15. The zero-order chi connectivity index (χ0) is 12.1. The molecule has 0 N–H and O–H groups in total. The lowest BCUT2D eigenvalue weighted by molar-refractivity contribution is -0.174. The van der Waals surface area contributed by atoms with E-state index in [9.17, 15) is 13.2 Å². The third-order valence-corrected chi connectivity index (χ3v) is 3.92. The number of alkyl halides is 4. The highest BCUT2D eigenvalue weighted by Gasteiger charge is 2.33. The van der Waals surface area contributed by atoms with Gasteiger partial charge in [0.25, 0.3) is 0 Å². The van der Waals surface area contributed by atoms with Crippen molar-refractivity contribution in [1.82, 2.24) is 0 Å². The Morgan fingerprint density at radius 3 is 2.62 bits per heavy atom. The van der Waals surface area contributed by atoms with Crippen molar-refractivity contribution in [3.8, 4) is 0 Å². The third-order valence-electron chi connectivity index (χ3n) is 2.73. The van der Waals surface area contributed by atoms with Crippen molar-refractivity contribution in [3.05, 3.63) is 0 Å². The zero-order valence-corrected chi connectivity index (χ0v) is 10.6. The maximum Gasteiger partial charge on any atom is 0.411 e. The Hall–Kier alpha value is 0.190. The summed E-state index contributed by atoms with van der Waals surface area (Å²) in [7, 11) is 0. The van der Waals surface area contributed by atoms with Crippen molar-refractivity contribution < 1.29 is 22.6 Å². The van der Waals surface area contributed by atoms with Gasteiger partial charge >= 0.3 is 6.18 Å². The molecule has 96 valence electrons. The van der Waals surface area contributed by atoms with E-state index < -0.39 is 12.8 Å². The molecule has 1 unspecified atom stereocenters. The molecule has 0 aromatic heterocycles. The van der Waals surface area contributed by atoms with Gasteiger partial charge in [0.1, 0.15) is 6.61 Å². The summed E-state index contributed by atoms with van der Waals surface area (Å²) < 4.78 is 45.2. The lowest BCUT2D eigenvalue weighted by Crippen LogP contribution is -2.24. The average molecular weight is 305 g/mol. The topological polar surface area (TPSA) is 18.5 Å². The normalized spacial score (nSPS) is 26.2. The molecule has 1 fully saturated rings. The maximum absolute atomic E-state index is 11.8. The third kappa shape index (κ3) is 5.01. The van der Waals surface area contributed by atoms with E-state index in [4.69, 9.17) is 4.74 Å².